The van der Waals surface area contributed by atoms with Crippen LogP contribution >= 0.6 is 0 Å². The maximum atomic E-state index is 9.97. The zero-order chi connectivity index (χ0) is 15.1. The predicted octanol–water partition coefficient (Wildman–Crippen LogP) is -2.25. The minimum Gasteiger partial charge on any atom is -0.394 e. The van der Waals surface area contributed by atoms with Crippen LogP contribution < -0.4 is 0 Å². The molecule has 8 heteroatoms. The molecule has 3 rings (SSSR count). The minimum atomic E-state index is -1.44. The molecule has 0 aliphatic carbocycles. The van der Waals surface area contributed by atoms with Gasteiger partial charge in [0, 0.05) is 6.42 Å². The highest BCUT2D eigenvalue weighted by Crippen LogP contribution is 2.34. The van der Waals surface area contributed by atoms with Gasteiger partial charge in [0.25, 0.3) is 0 Å². The second-order valence-corrected chi connectivity index (χ2v) is 5.89. The lowest BCUT2D eigenvalue weighted by Crippen LogP contribution is -2.61. The van der Waals surface area contributed by atoms with Crippen LogP contribution in [0.2, 0.25) is 0 Å². The number of hydrogen-bond donors (Lipinski definition) is 4. The molecule has 0 spiro atoms. The zero-order valence-electron chi connectivity index (χ0n) is 11.7. The third-order valence-electron chi connectivity index (χ3n) is 4.32. The molecule has 3 heterocycles. The van der Waals surface area contributed by atoms with Gasteiger partial charge in [-0.15, -0.1) is 0 Å². The highest BCUT2D eigenvalue weighted by molar-refractivity contribution is 4.95. The summed E-state index contributed by atoms with van der Waals surface area (Å²) < 4.78 is 22.4. The summed E-state index contributed by atoms with van der Waals surface area (Å²) in [5, 5.41) is 38.6. The summed E-state index contributed by atoms with van der Waals surface area (Å²) >= 11 is 0. The third kappa shape index (κ3) is 2.82. The fraction of sp³-hybridized carbons (Fsp3) is 1.00. The number of ether oxygens (including phenoxy) is 4. The number of hydrogen-bond acceptors (Lipinski definition) is 8. The maximum Gasteiger partial charge on any atom is 0.187 e. The van der Waals surface area contributed by atoms with Gasteiger partial charge in [0.15, 0.2) is 6.29 Å². The highest BCUT2D eigenvalue weighted by atomic mass is 16.7. The first kappa shape index (κ1) is 15.6. The van der Waals surface area contributed by atoms with Crippen molar-refractivity contribution in [2.75, 3.05) is 13.2 Å². The summed E-state index contributed by atoms with van der Waals surface area (Å²) in [7, 11) is 0. The Morgan fingerprint density at radius 3 is 2.48 bits per heavy atom. The van der Waals surface area contributed by atoms with E-state index in [2.05, 4.69) is 0 Å². The fourth-order valence-electron chi connectivity index (χ4n) is 3.16. The molecule has 21 heavy (non-hydrogen) atoms. The van der Waals surface area contributed by atoms with Gasteiger partial charge in [0.1, 0.15) is 36.6 Å². The Hall–Kier alpha value is -0.320. The van der Waals surface area contributed by atoms with Crippen LogP contribution in [0.1, 0.15) is 13.3 Å². The monoisotopic (exact) mass is 306 g/mol. The fourth-order valence-corrected chi connectivity index (χ4v) is 3.16. The lowest BCUT2D eigenvalue weighted by atomic mass is 9.98. The Bertz CT molecular complexity index is 350. The smallest absolute Gasteiger partial charge is 0.187 e. The Morgan fingerprint density at radius 1 is 1.05 bits per heavy atom. The minimum absolute atomic E-state index is 0.0807. The van der Waals surface area contributed by atoms with Crippen LogP contribution in [-0.4, -0.2) is 88.8 Å². The van der Waals surface area contributed by atoms with Gasteiger partial charge in [-0.1, -0.05) is 0 Å². The molecule has 4 N–H and O–H groups in total. The molecular weight excluding hydrogens is 284 g/mol. The summed E-state index contributed by atoms with van der Waals surface area (Å²) in [5.74, 6) is 0. The van der Waals surface area contributed by atoms with Gasteiger partial charge in [-0.3, -0.25) is 0 Å². The average molecular weight is 306 g/mol. The molecule has 8 nitrogen and oxygen atoms in total. The van der Waals surface area contributed by atoms with Gasteiger partial charge < -0.3 is 39.4 Å². The topological polar surface area (TPSA) is 118 Å². The van der Waals surface area contributed by atoms with Gasteiger partial charge >= 0.3 is 0 Å². The summed E-state index contributed by atoms with van der Waals surface area (Å²) in [4.78, 5) is 0. The second-order valence-electron chi connectivity index (χ2n) is 5.89. The van der Waals surface area contributed by atoms with E-state index in [1.54, 1.807) is 0 Å². The molecule has 0 aromatic rings. The number of rotatable bonds is 3. The van der Waals surface area contributed by atoms with Crippen molar-refractivity contribution in [2.45, 2.75) is 68.5 Å². The van der Waals surface area contributed by atoms with Crippen molar-refractivity contribution in [1.82, 2.24) is 0 Å². The molecule has 9 atom stereocenters. The Balaban J connectivity index is 1.67. The molecule has 0 aromatic heterocycles. The summed E-state index contributed by atoms with van der Waals surface area (Å²) in [5.41, 5.74) is 0. The van der Waals surface area contributed by atoms with Gasteiger partial charge in [-0.25, -0.2) is 0 Å². The quantitative estimate of drug-likeness (QED) is 0.462. The molecular formula is C13H22O8. The summed E-state index contributed by atoms with van der Waals surface area (Å²) in [6.45, 7) is 1.89. The summed E-state index contributed by atoms with van der Waals surface area (Å²) in [6, 6.07) is 0. The van der Waals surface area contributed by atoms with E-state index >= 15 is 0 Å². The van der Waals surface area contributed by atoms with E-state index in [-0.39, 0.29) is 18.3 Å². The van der Waals surface area contributed by atoms with Gasteiger partial charge in [0.2, 0.25) is 0 Å². The van der Waals surface area contributed by atoms with Crippen LogP contribution in [0.4, 0.5) is 0 Å². The van der Waals surface area contributed by atoms with Crippen LogP contribution in [-0.2, 0) is 18.9 Å². The van der Waals surface area contributed by atoms with Crippen molar-refractivity contribution in [3.63, 3.8) is 0 Å². The van der Waals surface area contributed by atoms with Crippen molar-refractivity contribution in [1.29, 1.82) is 0 Å². The van der Waals surface area contributed by atoms with Gasteiger partial charge in [0.05, 0.1) is 25.4 Å². The standard InChI is InChI=1S/C13H22O8/c1-5-2-6-12(8(19-5)4-18-6)21-13-11(17)10(16)9(15)7(3-14)20-13/h5-17H,2-4H2,1H3/t5-,6?,7?,8+,9-,10-,11?,12-,13-/m0/s1. The zero-order valence-corrected chi connectivity index (χ0v) is 11.7. The lowest BCUT2D eigenvalue weighted by molar-refractivity contribution is -0.323. The Morgan fingerprint density at radius 2 is 1.81 bits per heavy atom. The SMILES string of the molecule is C[C@H]1CC2OC[C@@H](O1)[C@H]2O[C@@H]1OC(CO)[C@H](O)[C@H](O)C1O. The highest BCUT2D eigenvalue weighted by Gasteiger charge is 2.50. The van der Waals surface area contributed by atoms with E-state index in [4.69, 9.17) is 24.1 Å². The molecule has 3 fully saturated rings. The van der Waals surface area contributed by atoms with E-state index in [1.165, 1.54) is 0 Å². The Labute approximate surface area is 122 Å². The first-order valence-corrected chi connectivity index (χ1v) is 7.24. The molecule has 122 valence electrons. The predicted molar refractivity (Wildman–Crippen MR) is 67.3 cm³/mol. The largest absolute Gasteiger partial charge is 0.394 e. The second kappa shape index (κ2) is 6.05. The first-order chi connectivity index (χ1) is 10.0. The molecule has 0 saturated carbocycles. The van der Waals surface area contributed by atoms with Crippen LogP contribution in [0, 0.1) is 0 Å². The normalized spacial score (nSPS) is 53.9. The number of aliphatic hydroxyl groups excluding tert-OH is 4. The van der Waals surface area contributed by atoms with Gasteiger partial charge in [-0.05, 0) is 6.92 Å². The molecule has 3 aliphatic heterocycles. The van der Waals surface area contributed by atoms with Crippen LogP contribution in [0.3, 0.4) is 0 Å². The molecule has 3 saturated heterocycles. The molecule has 3 aliphatic rings. The Kier molecular flexibility index (Phi) is 4.49. The lowest BCUT2D eigenvalue weighted by Gasteiger charge is -2.42. The van der Waals surface area contributed by atoms with E-state index in [0.717, 1.165) is 0 Å². The van der Waals surface area contributed by atoms with Crippen LogP contribution in [0.5, 0.6) is 0 Å². The molecule has 3 unspecified atom stereocenters. The first-order valence-electron chi connectivity index (χ1n) is 7.24. The van der Waals surface area contributed by atoms with E-state index in [1.807, 2.05) is 6.92 Å². The molecule has 0 aromatic carbocycles. The number of fused-ring (bicyclic) bond motifs is 2. The van der Waals surface area contributed by atoms with Crippen molar-refractivity contribution in [3.8, 4) is 0 Å². The van der Waals surface area contributed by atoms with Crippen molar-refractivity contribution in [3.05, 3.63) is 0 Å². The van der Waals surface area contributed by atoms with Crippen molar-refractivity contribution >= 4 is 0 Å². The van der Waals surface area contributed by atoms with Crippen LogP contribution in [0.25, 0.3) is 0 Å². The van der Waals surface area contributed by atoms with E-state index in [9.17, 15) is 15.3 Å². The molecule has 0 amide bonds. The van der Waals surface area contributed by atoms with E-state index in [0.29, 0.717) is 13.0 Å². The maximum absolute atomic E-state index is 9.97. The molecule has 2 bridgehead atoms. The van der Waals surface area contributed by atoms with Crippen molar-refractivity contribution < 1.29 is 39.4 Å². The van der Waals surface area contributed by atoms with Crippen molar-refractivity contribution in [2.24, 2.45) is 0 Å². The van der Waals surface area contributed by atoms with E-state index < -0.39 is 43.4 Å². The third-order valence-corrected chi connectivity index (χ3v) is 4.32. The molecule has 0 radical (unpaired) electrons. The van der Waals surface area contributed by atoms with Crippen LogP contribution in [0.15, 0.2) is 0 Å². The summed E-state index contributed by atoms with van der Waals surface area (Å²) in [6.07, 6.45) is -6.38. The van der Waals surface area contributed by atoms with Gasteiger partial charge in [-0.2, -0.15) is 0 Å². The number of aliphatic hydroxyl groups is 4. The average Bonchev–Trinajstić information content (AvgIpc) is 2.70.